The summed E-state index contributed by atoms with van der Waals surface area (Å²) in [4.78, 5) is 0. The summed E-state index contributed by atoms with van der Waals surface area (Å²) in [6, 6.07) is 0.103. The lowest BCUT2D eigenvalue weighted by Crippen LogP contribution is -2.39. The molecule has 0 unspecified atom stereocenters. The molecule has 1 rings (SSSR count). The van der Waals surface area contributed by atoms with Crippen LogP contribution in [0.5, 0.6) is 0 Å². The van der Waals surface area contributed by atoms with Crippen LogP contribution >= 0.6 is 0 Å². The first kappa shape index (κ1) is 10.9. The highest BCUT2D eigenvalue weighted by Crippen LogP contribution is 2.23. The van der Waals surface area contributed by atoms with Crippen molar-refractivity contribution in [3.63, 3.8) is 0 Å². The molecule has 78 valence electrons. The summed E-state index contributed by atoms with van der Waals surface area (Å²) in [6.07, 6.45) is 5.24. The van der Waals surface area contributed by atoms with Crippen molar-refractivity contribution in [1.29, 1.82) is 0 Å². The van der Waals surface area contributed by atoms with Crippen LogP contribution in [-0.2, 0) is 10.0 Å². The fourth-order valence-electron chi connectivity index (χ4n) is 1.76. The first-order valence-corrected chi connectivity index (χ1v) is 6.25. The number of aliphatic hydroxyl groups excluding tert-OH is 1. The van der Waals surface area contributed by atoms with E-state index < -0.39 is 16.0 Å². The third kappa shape index (κ3) is 2.65. The van der Waals surface area contributed by atoms with Gasteiger partial charge in [0.15, 0.2) is 5.94 Å². The molecular formula is C8H17NO3S. The second-order valence-corrected chi connectivity index (χ2v) is 5.55. The molecule has 0 bridgehead atoms. The van der Waals surface area contributed by atoms with E-state index in [1.165, 1.54) is 10.7 Å². The lowest BCUT2D eigenvalue weighted by Gasteiger charge is -2.29. The number of hydrogen-bond acceptors (Lipinski definition) is 3. The molecule has 0 aromatic carbocycles. The van der Waals surface area contributed by atoms with Crippen LogP contribution in [0.2, 0.25) is 0 Å². The van der Waals surface area contributed by atoms with Crippen LogP contribution in [0.15, 0.2) is 0 Å². The zero-order chi connectivity index (χ0) is 9.90. The molecule has 0 radical (unpaired) electrons. The van der Waals surface area contributed by atoms with Crippen LogP contribution in [-0.4, -0.2) is 36.9 Å². The van der Waals surface area contributed by atoms with Crippen molar-refractivity contribution in [2.75, 3.05) is 13.0 Å². The summed E-state index contributed by atoms with van der Waals surface area (Å²) in [6.45, 7) is 0. The number of sulfonamides is 1. The minimum Gasteiger partial charge on any atom is -0.379 e. The van der Waals surface area contributed by atoms with Crippen LogP contribution in [0.1, 0.15) is 32.1 Å². The summed E-state index contributed by atoms with van der Waals surface area (Å²) in [5, 5.41) is 8.67. The van der Waals surface area contributed by atoms with Crippen molar-refractivity contribution < 1.29 is 13.5 Å². The average Bonchev–Trinajstić information content (AvgIpc) is 2.18. The van der Waals surface area contributed by atoms with E-state index in [1.54, 1.807) is 7.05 Å². The van der Waals surface area contributed by atoms with Crippen LogP contribution in [0.3, 0.4) is 0 Å². The van der Waals surface area contributed by atoms with Gasteiger partial charge < -0.3 is 5.11 Å². The van der Waals surface area contributed by atoms with Gasteiger partial charge in [-0.1, -0.05) is 19.3 Å². The summed E-state index contributed by atoms with van der Waals surface area (Å²) >= 11 is 0. The summed E-state index contributed by atoms with van der Waals surface area (Å²) in [7, 11) is -1.85. The van der Waals surface area contributed by atoms with Gasteiger partial charge in [-0.25, -0.2) is 8.42 Å². The number of hydrogen-bond donors (Lipinski definition) is 1. The largest absolute Gasteiger partial charge is 0.379 e. The highest BCUT2D eigenvalue weighted by molar-refractivity contribution is 7.88. The molecule has 0 aromatic rings. The van der Waals surface area contributed by atoms with Crippen molar-refractivity contribution in [1.82, 2.24) is 4.31 Å². The minimum absolute atomic E-state index is 0.103. The van der Waals surface area contributed by atoms with E-state index in [0.717, 1.165) is 25.7 Å². The van der Waals surface area contributed by atoms with Gasteiger partial charge in [0, 0.05) is 13.1 Å². The zero-order valence-electron chi connectivity index (χ0n) is 7.94. The Morgan fingerprint density at radius 1 is 1.31 bits per heavy atom. The lowest BCUT2D eigenvalue weighted by molar-refractivity contribution is 0.270. The molecule has 1 fully saturated rings. The fourth-order valence-corrected chi connectivity index (χ4v) is 2.61. The van der Waals surface area contributed by atoms with Gasteiger partial charge in [-0.05, 0) is 12.8 Å². The minimum atomic E-state index is -3.41. The number of nitrogens with zero attached hydrogens (tertiary/aromatic N) is 1. The van der Waals surface area contributed by atoms with Gasteiger partial charge in [-0.15, -0.1) is 0 Å². The molecule has 0 atom stereocenters. The Hall–Kier alpha value is -0.130. The van der Waals surface area contributed by atoms with Gasteiger partial charge in [-0.3, -0.25) is 0 Å². The Balaban J connectivity index is 2.60. The van der Waals surface area contributed by atoms with E-state index in [0.29, 0.717) is 0 Å². The second-order valence-electron chi connectivity index (χ2n) is 3.55. The molecule has 13 heavy (non-hydrogen) atoms. The standard InChI is InChI=1S/C8H17NO3S/c1-9(13(11,12)7-10)8-5-3-2-4-6-8/h8,10H,2-7H2,1H3. The summed E-state index contributed by atoms with van der Waals surface area (Å²) in [5.74, 6) is -0.778. The monoisotopic (exact) mass is 207 g/mol. The van der Waals surface area contributed by atoms with Gasteiger partial charge >= 0.3 is 0 Å². The SMILES string of the molecule is CN(C1CCCCC1)S(=O)(=O)CO. The molecule has 1 N–H and O–H groups in total. The van der Waals surface area contributed by atoms with E-state index in [1.807, 2.05) is 0 Å². The first-order valence-electron chi connectivity index (χ1n) is 4.64. The van der Waals surface area contributed by atoms with Crippen molar-refractivity contribution in [2.45, 2.75) is 38.1 Å². The molecule has 1 aliphatic carbocycles. The topological polar surface area (TPSA) is 57.6 Å². The molecular weight excluding hydrogens is 190 g/mol. The smallest absolute Gasteiger partial charge is 0.238 e. The van der Waals surface area contributed by atoms with Crippen LogP contribution < -0.4 is 0 Å². The van der Waals surface area contributed by atoms with Crippen molar-refractivity contribution >= 4 is 10.0 Å². The molecule has 5 heteroatoms. The van der Waals surface area contributed by atoms with Crippen LogP contribution in [0.4, 0.5) is 0 Å². The Bertz CT molecular complexity index is 244. The van der Waals surface area contributed by atoms with Gasteiger partial charge in [0.25, 0.3) is 0 Å². The summed E-state index contributed by atoms with van der Waals surface area (Å²) < 4.78 is 23.9. The quantitative estimate of drug-likeness (QED) is 0.734. The molecule has 0 spiro atoms. The van der Waals surface area contributed by atoms with E-state index in [-0.39, 0.29) is 6.04 Å². The average molecular weight is 207 g/mol. The highest BCUT2D eigenvalue weighted by atomic mass is 32.2. The van der Waals surface area contributed by atoms with E-state index in [4.69, 9.17) is 5.11 Å². The van der Waals surface area contributed by atoms with E-state index >= 15 is 0 Å². The Morgan fingerprint density at radius 3 is 2.31 bits per heavy atom. The normalized spacial score (nSPS) is 20.8. The molecule has 1 saturated carbocycles. The van der Waals surface area contributed by atoms with Gasteiger partial charge in [0.1, 0.15) is 0 Å². The maximum absolute atomic E-state index is 11.3. The maximum atomic E-state index is 11.3. The number of rotatable bonds is 3. The maximum Gasteiger partial charge on any atom is 0.238 e. The van der Waals surface area contributed by atoms with Crippen molar-refractivity contribution in [3.8, 4) is 0 Å². The fraction of sp³-hybridized carbons (Fsp3) is 1.00. The third-order valence-electron chi connectivity index (χ3n) is 2.69. The Morgan fingerprint density at radius 2 is 1.85 bits per heavy atom. The van der Waals surface area contributed by atoms with Crippen molar-refractivity contribution in [3.05, 3.63) is 0 Å². The predicted molar refractivity (Wildman–Crippen MR) is 50.6 cm³/mol. The zero-order valence-corrected chi connectivity index (χ0v) is 8.76. The molecule has 0 saturated heterocycles. The second kappa shape index (κ2) is 4.39. The number of aliphatic hydroxyl groups is 1. The van der Waals surface area contributed by atoms with E-state index in [2.05, 4.69) is 0 Å². The Kier molecular flexibility index (Phi) is 3.70. The molecule has 0 heterocycles. The van der Waals surface area contributed by atoms with Crippen LogP contribution in [0, 0.1) is 0 Å². The molecule has 0 amide bonds. The molecule has 0 aliphatic heterocycles. The lowest BCUT2D eigenvalue weighted by atomic mass is 9.96. The van der Waals surface area contributed by atoms with Gasteiger partial charge in [0.2, 0.25) is 10.0 Å². The van der Waals surface area contributed by atoms with Crippen molar-refractivity contribution in [2.24, 2.45) is 0 Å². The molecule has 0 aromatic heterocycles. The van der Waals surface area contributed by atoms with Gasteiger partial charge in [0.05, 0.1) is 0 Å². The van der Waals surface area contributed by atoms with Gasteiger partial charge in [-0.2, -0.15) is 4.31 Å². The highest BCUT2D eigenvalue weighted by Gasteiger charge is 2.26. The van der Waals surface area contributed by atoms with E-state index in [9.17, 15) is 8.42 Å². The molecule has 1 aliphatic rings. The van der Waals surface area contributed by atoms with Crippen LogP contribution in [0.25, 0.3) is 0 Å². The third-order valence-corrected chi connectivity index (χ3v) is 4.19. The predicted octanol–water partition coefficient (Wildman–Crippen LogP) is 0.530. The Labute approximate surface area is 79.6 Å². The summed E-state index contributed by atoms with van der Waals surface area (Å²) in [5.41, 5.74) is 0. The molecule has 4 nitrogen and oxygen atoms in total. The first-order chi connectivity index (χ1) is 6.08.